The number of hydrogen-bond donors (Lipinski definition) is 0. The van der Waals surface area contributed by atoms with Crippen LogP contribution in [0.3, 0.4) is 0 Å². The lowest BCUT2D eigenvalue weighted by Crippen LogP contribution is -2.10. The summed E-state index contributed by atoms with van der Waals surface area (Å²) in [5.41, 5.74) is 0.931. The molecule has 0 aliphatic carbocycles. The number of hydrogen-bond acceptors (Lipinski definition) is 6. The Morgan fingerprint density at radius 1 is 1.04 bits per heavy atom. The second kappa shape index (κ2) is 10.1. The molecule has 0 N–H and O–H groups in total. The Balaban J connectivity index is 0.000000550. The van der Waals surface area contributed by atoms with Gasteiger partial charge in [0.05, 0.1) is 10.1 Å². The number of carbonyl (C=O) groups is 1. The quantitative estimate of drug-likeness (QED) is 0.348. The van der Waals surface area contributed by atoms with E-state index in [1.54, 1.807) is 12.1 Å². The van der Waals surface area contributed by atoms with E-state index < -0.39 is 16.3 Å². The van der Waals surface area contributed by atoms with Crippen LogP contribution < -0.4 is 4.74 Å². The molecule has 2 rings (SSSR count). The molecule has 2 aromatic carbocycles. The van der Waals surface area contributed by atoms with E-state index in [9.17, 15) is 4.79 Å². The summed E-state index contributed by atoms with van der Waals surface area (Å²) in [5, 5.41) is 0. The van der Waals surface area contributed by atoms with Gasteiger partial charge in [0.25, 0.3) is 0 Å². The zero-order valence-corrected chi connectivity index (χ0v) is 15.8. The van der Waals surface area contributed by atoms with Crippen molar-refractivity contribution in [2.24, 2.45) is 0 Å². The van der Waals surface area contributed by atoms with Gasteiger partial charge in [-0.15, -0.1) is 0 Å². The summed E-state index contributed by atoms with van der Waals surface area (Å²) in [6.07, 6.45) is 4.20. The Morgan fingerprint density at radius 2 is 1.56 bits per heavy atom. The minimum atomic E-state index is -3.92. The lowest BCUT2D eigenvalue weighted by Gasteiger charge is -2.06. The van der Waals surface area contributed by atoms with Crippen molar-refractivity contribution >= 4 is 27.2 Å². The van der Waals surface area contributed by atoms with Gasteiger partial charge in [0.15, 0.2) is 4.90 Å². The molecule has 0 spiro atoms. The van der Waals surface area contributed by atoms with E-state index in [4.69, 9.17) is 22.4 Å². The highest BCUT2D eigenvalue weighted by Gasteiger charge is 2.10. The van der Waals surface area contributed by atoms with Gasteiger partial charge >= 0.3 is 6.16 Å². The van der Waals surface area contributed by atoms with E-state index in [1.807, 2.05) is 42.5 Å². The number of rotatable bonds is 4. The first-order valence-corrected chi connectivity index (χ1v) is 11.0. The molecule has 136 valence electrons. The number of benzene rings is 2. The molecule has 0 saturated heterocycles. The van der Waals surface area contributed by atoms with Gasteiger partial charge in [-0.2, -0.15) is 0 Å². The van der Waals surface area contributed by atoms with E-state index in [0.29, 0.717) is 12.0 Å². The molecule has 0 aliphatic heterocycles. The Bertz CT molecular complexity index is 747. The lowest BCUT2D eigenvalue weighted by atomic mass is 10.2. The van der Waals surface area contributed by atoms with Gasteiger partial charge in [-0.25, -0.2) is 13.2 Å². The minimum absolute atomic E-state index is 0.200. The van der Waals surface area contributed by atoms with Crippen LogP contribution in [0.4, 0.5) is 4.79 Å². The molecule has 2 aromatic rings. The third-order valence-electron chi connectivity index (χ3n) is 2.70. The average molecular weight is 384 g/mol. The number of ether oxygens (including phenoxy) is 2. The third kappa shape index (κ3) is 10.4. The molecule has 0 bridgehead atoms. The summed E-state index contributed by atoms with van der Waals surface area (Å²) < 4.78 is 37.4. The molecule has 0 atom stereocenters. The van der Waals surface area contributed by atoms with E-state index in [0.717, 1.165) is 5.56 Å². The van der Waals surface area contributed by atoms with Crippen LogP contribution in [0.15, 0.2) is 59.5 Å². The Labute approximate surface area is 150 Å². The third-order valence-corrected chi connectivity index (χ3v) is 3.91. The van der Waals surface area contributed by atoms with Gasteiger partial charge in [0.2, 0.25) is 0 Å². The molecule has 0 radical (unpaired) electrons. The smallest absolute Gasteiger partial charge is 0.514 e. The summed E-state index contributed by atoms with van der Waals surface area (Å²) in [4.78, 5) is 12.8. The van der Waals surface area contributed by atoms with Crippen molar-refractivity contribution in [3.63, 3.8) is 0 Å². The van der Waals surface area contributed by atoms with Gasteiger partial charge < -0.3 is 14.0 Å². The highest BCUT2D eigenvalue weighted by Crippen LogP contribution is 2.16. The van der Waals surface area contributed by atoms with Crippen LogP contribution in [0, 0.1) is 0 Å². The molecule has 8 heteroatoms. The van der Waals surface area contributed by atoms with Gasteiger partial charge in [-0.05, 0) is 29.8 Å². The highest BCUT2D eigenvalue weighted by molar-refractivity contribution is 7.95. The van der Waals surface area contributed by atoms with Crippen LogP contribution in [0.1, 0.15) is 5.56 Å². The van der Waals surface area contributed by atoms with Crippen molar-refractivity contribution < 1.29 is 27.2 Å². The summed E-state index contributed by atoms with van der Waals surface area (Å²) in [5.74, 6) is 0.497. The van der Waals surface area contributed by atoms with Crippen LogP contribution in [-0.2, 0) is 32.4 Å². The molecule has 0 heterocycles. The standard InChI is InChI=1S/C16H17O3S.CH4O3S/c1-20(2)15-10-8-14(9-11-15)19-16(17)18-12-13-6-4-3-5-7-13;1-5(2,3)4/h3-11H,12H2,1-2H3;1H3,(H,2,3,4)/q+1;/p-1. The molecule has 6 nitrogen and oxygen atoms in total. The summed E-state index contributed by atoms with van der Waals surface area (Å²) in [7, 11) is -3.72. The zero-order valence-electron chi connectivity index (χ0n) is 14.2. The topological polar surface area (TPSA) is 92.7 Å². The van der Waals surface area contributed by atoms with Crippen LogP contribution in [0.5, 0.6) is 5.75 Å². The van der Waals surface area contributed by atoms with Crippen molar-refractivity contribution in [1.29, 1.82) is 0 Å². The molecule has 0 amide bonds. The predicted octanol–water partition coefficient (Wildman–Crippen LogP) is 2.80. The van der Waals surface area contributed by atoms with E-state index in [2.05, 4.69) is 12.5 Å². The second-order valence-corrected chi connectivity index (χ2v) is 8.63. The van der Waals surface area contributed by atoms with Crippen LogP contribution in [0.2, 0.25) is 0 Å². The first-order valence-electron chi connectivity index (χ1n) is 7.12. The maximum atomic E-state index is 11.6. The van der Waals surface area contributed by atoms with Crippen LogP contribution in [-0.4, -0.2) is 37.9 Å². The van der Waals surface area contributed by atoms with E-state index in [1.165, 1.54) is 4.90 Å². The van der Waals surface area contributed by atoms with Crippen LogP contribution >= 0.6 is 0 Å². The summed E-state index contributed by atoms with van der Waals surface area (Å²) >= 11 is 0. The Morgan fingerprint density at radius 3 is 2.04 bits per heavy atom. The lowest BCUT2D eigenvalue weighted by molar-refractivity contribution is 0.0927. The Hall–Kier alpha value is -2.03. The second-order valence-electron chi connectivity index (χ2n) is 5.12. The van der Waals surface area contributed by atoms with Crippen molar-refractivity contribution in [2.45, 2.75) is 11.5 Å². The van der Waals surface area contributed by atoms with Crippen molar-refractivity contribution in [2.75, 3.05) is 18.8 Å². The zero-order chi connectivity index (χ0) is 18.9. The van der Waals surface area contributed by atoms with E-state index in [-0.39, 0.29) is 17.5 Å². The SMILES string of the molecule is CS(=O)(=O)[O-].C[S+](C)c1ccc(OC(=O)OCc2ccccc2)cc1. The predicted molar refractivity (Wildman–Crippen MR) is 96.8 cm³/mol. The van der Waals surface area contributed by atoms with Gasteiger partial charge in [0, 0.05) is 17.2 Å². The van der Waals surface area contributed by atoms with E-state index >= 15 is 0 Å². The maximum Gasteiger partial charge on any atom is 0.514 e. The first-order chi connectivity index (χ1) is 11.6. The van der Waals surface area contributed by atoms with Crippen molar-refractivity contribution in [3.8, 4) is 5.75 Å². The monoisotopic (exact) mass is 384 g/mol. The highest BCUT2D eigenvalue weighted by atomic mass is 32.2. The molecular formula is C17H20O6S2. The number of carbonyl (C=O) groups excluding carboxylic acids is 1. The fourth-order valence-corrected chi connectivity index (χ4v) is 2.30. The van der Waals surface area contributed by atoms with Crippen LogP contribution in [0.25, 0.3) is 0 Å². The van der Waals surface area contributed by atoms with Gasteiger partial charge in [-0.3, -0.25) is 0 Å². The summed E-state index contributed by atoms with van der Waals surface area (Å²) in [6.45, 7) is 0.213. The normalized spacial score (nSPS) is 10.6. The van der Waals surface area contributed by atoms with Gasteiger partial charge in [-0.1, -0.05) is 30.3 Å². The molecule has 0 unspecified atom stereocenters. The Kier molecular flexibility index (Phi) is 8.47. The van der Waals surface area contributed by atoms with Crippen molar-refractivity contribution in [3.05, 3.63) is 60.2 Å². The minimum Gasteiger partial charge on any atom is -0.748 e. The average Bonchev–Trinajstić information content (AvgIpc) is 2.53. The summed E-state index contributed by atoms with van der Waals surface area (Å²) in [6, 6.07) is 17.0. The largest absolute Gasteiger partial charge is 0.748 e. The molecule has 0 aromatic heterocycles. The fourth-order valence-electron chi connectivity index (χ4n) is 1.62. The molecule has 0 aliphatic rings. The molecule has 0 fully saturated rings. The fraction of sp³-hybridized carbons (Fsp3) is 0.235. The van der Waals surface area contributed by atoms with Gasteiger partial charge in [0.1, 0.15) is 24.9 Å². The molecule has 0 saturated carbocycles. The first kappa shape index (κ1) is 21.0. The maximum absolute atomic E-state index is 11.6. The molecular weight excluding hydrogens is 364 g/mol. The van der Waals surface area contributed by atoms with Crippen molar-refractivity contribution in [1.82, 2.24) is 0 Å². The molecule has 25 heavy (non-hydrogen) atoms.